The molecule has 0 radical (unpaired) electrons. The van der Waals surface area contributed by atoms with E-state index in [9.17, 15) is 14.7 Å². The summed E-state index contributed by atoms with van der Waals surface area (Å²) in [5, 5.41) is 10.8. The maximum Gasteiger partial charge on any atom is 0.265 e. The van der Waals surface area contributed by atoms with Crippen LogP contribution in [0.25, 0.3) is 10.9 Å². The van der Waals surface area contributed by atoms with Crippen molar-refractivity contribution in [2.45, 2.75) is 0 Å². The number of benzene rings is 2. The molecule has 0 unspecified atom stereocenters. The molecule has 0 fully saturated rings. The summed E-state index contributed by atoms with van der Waals surface area (Å²) in [7, 11) is 1.59. The van der Waals surface area contributed by atoms with Crippen molar-refractivity contribution in [3.05, 3.63) is 76.1 Å². The summed E-state index contributed by atoms with van der Waals surface area (Å²) in [6.07, 6.45) is 0. The van der Waals surface area contributed by atoms with Gasteiger partial charge >= 0.3 is 0 Å². The first-order valence-corrected chi connectivity index (χ1v) is 6.51. The number of hydrogen-bond donors (Lipinski definition) is 1. The number of fused-ring (bicyclic) bond motifs is 1. The summed E-state index contributed by atoms with van der Waals surface area (Å²) in [6, 6.07) is 15.4. The smallest absolute Gasteiger partial charge is 0.265 e. The summed E-state index contributed by atoms with van der Waals surface area (Å²) >= 11 is 0. The average Bonchev–Trinajstić information content (AvgIpc) is 2.53. The SMILES string of the molecule is Cn1c(=O)c(C(=O)c2ccccc2)c(O)c2ccccc21. The van der Waals surface area contributed by atoms with Gasteiger partial charge < -0.3 is 9.67 Å². The molecule has 1 N–H and O–H groups in total. The van der Waals surface area contributed by atoms with E-state index in [-0.39, 0.29) is 11.3 Å². The van der Waals surface area contributed by atoms with Crippen LogP contribution in [0, 0.1) is 0 Å². The third-order valence-electron chi connectivity index (χ3n) is 3.54. The van der Waals surface area contributed by atoms with Crippen LogP contribution in [0.1, 0.15) is 15.9 Å². The van der Waals surface area contributed by atoms with Crippen LogP contribution in [-0.4, -0.2) is 15.5 Å². The second-order valence-electron chi connectivity index (χ2n) is 4.80. The number of ketones is 1. The normalized spacial score (nSPS) is 10.7. The molecule has 3 rings (SSSR count). The van der Waals surface area contributed by atoms with Gasteiger partial charge in [-0.15, -0.1) is 0 Å². The first kappa shape index (κ1) is 13.1. The van der Waals surface area contributed by atoms with Gasteiger partial charge in [-0.25, -0.2) is 0 Å². The number of rotatable bonds is 2. The van der Waals surface area contributed by atoms with Crippen LogP contribution >= 0.6 is 0 Å². The Kier molecular flexibility index (Phi) is 3.06. The van der Waals surface area contributed by atoms with Crippen LogP contribution in [0.2, 0.25) is 0 Å². The molecule has 0 atom stereocenters. The number of para-hydroxylation sites is 1. The van der Waals surface area contributed by atoms with Crippen molar-refractivity contribution in [1.29, 1.82) is 0 Å². The molecule has 0 amide bonds. The lowest BCUT2D eigenvalue weighted by Gasteiger charge is -2.11. The van der Waals surface area contributed by atoms with Crippen molar-refractivity contribution in [2.75, 3.05) is 0 Å². The van der Waals surface area contributed by atoms with Crippen LogP contribution in [0.4, 0.5) is 0 Å². The molecule has 0 aliphatic carbocycles. The zero-order chi connectivity index (χ0) is 15.0. The molecule has 4 heteroatoms. The molecular weight excluding hydrogens is 266 g/mol. The van der Waals surface area contributed by atoms with Crippen LogP contribution in [-0.2, 0) is 7.05 Å². The van der Waals surface area contributed by atoms with E-state index in [1.807, 2.05) is 0 Å². The van der Waals surface area contributed by atoms with Crippen molar-refractivity contribution in [3.63, 3.8) is 0 Å². The van der Waals surface area contributed by atoms with Gasteiger partial charge in [-0.2, -0.15) is 0 Å². The Morgan fingerprint density at radius 2 is 1.62 bits per heavy atom. The topological polar surface area (TPSA) is 59.3 Å². The molecule has 1 aromatic heterocycles. The van der Waals surface area contributed by atoms with Gasteiger partial charge in [0.15, 0.2) is 0 Å². The highest BCUT2D eigenvalue weighted by molar-refractivity contribution is 6.12. The zero-order valence-electron chi connectivity index (χ0n) is 11.4. The molecule has 0 saturated carbocycles. The fraction of sp³-hybridized carbons (Fsp3) is 0.0588. The minimum absolute atomic E-state index is 0.192. The number of aromatic hydroxyl groups is 1. The maximum absolute atomic E-state index is 12.5. The van der Waals surface area contributed by atoms with E-state index in [4.69, 9.17) is 0 Å². The Balaban J connectivity index is 2.34. The van der Waals surface area contributed by atoms with E-state index >= 15 is 0 Å². The maximum atomic E-state index is 12.5. The lowest BCUT2D eigenvalue weighted by Crippen LogP contribution is -2.25. The third kappa shape index (κ3) is 2.01. The van der Waals surface area contributed by atoms with E-state index in [0.29, 0.717) is 16.5 Å². The standard InChI is InChI=1S/C17H13NO3/c1-18-13-10-6-5-9-12(13)16(20)14(17(18)21)15(19)11-7-3-2-4-8-11/h2-10,20H,1H3. The number of carbonyl (C=O) groups is 1. The molecule has 3 aromatic rings. The third-order valence-corrected chi connectivity index (χ3v) is 3.54. The monoisotopic (exact) mass is 279 g/mol. The molecule has 4 nitrogen and oxygen atoms in total. The highest BCUT2D eigenvalue weighted by Crippen LogP contribution is 2.27. The minimum atomic E-state index is -0.500. The van der Waals surface area contributed by atoms with Crippen molar-refractivity contribution in [3.8, 4) is 5.75 Å². The number of pyridine rings is 1. The first-order chi connectivity index (χ1) is 10.1. The molecule has 21 heavy (non-hydrogen) atoms. The van der Waals surface area contributed by atoms with Crippen LogP contribution in [0.15, 0.2) is 59.4 Å². The Morgan fingerprint density at radius 1 is 1.00 bits per heavy atom. The fourth-order valence-electron chi connectivity index (χ4n) is 2.42. The lowest BCUT2D eigenvalue weighted by atomic mass is 10.0. The van der Waals surface area contributed by atoms with Gasteiger partial charge in [0, 0.05) is 18.0 Å². The van der Waals surface area contributed by atoms with Crippen molar-refractivity contribution >= 4 is 16.7 Å². The minimum Gasteiger partial charge on any atom is -0.506 e. The summed E-state index contributed by atoms with van der Waals surface area (Å²) < 4.78 is 1.38. The van der Waals surface area contributed by atoms with Gasteiger partial charge in [0.1, 0.15) is 11.3 Å². The molecule has 0 aliphatic rings. The summed E-state index contributed by atoms with van der Waals surface area (Å²) in [6.45, 7) is 0. The first-order valence-electron chi connectivity index (χ1n) is 6.51. The van der Waals surface area contributed by atoms with E-state index < -0.39 is 11.3 Å². The molecule has 1 heterocycles. The highest BCUT2D eigenvalue weighted by atomic mass is 16.3. The molecule has 104 valence electrons. The summed E-state index contributed by atoms with van der Waals surface area (Å²) in [5.41, 5.74) is 0.271. The number of nitrogens with zero attached hydrogens (tertiary/aromatic N) is 1. The van der Waals surface area contributed by atoms with Gasteiger partial charge in [0.2, 0.25) is 5.78 Å². The van der Waals surface area contributed by atoms with E-state index in [2.05, 4.69) is 0 Å². The van der Waals surface area contributed by atoms with Crippen molar-refractivity contribution < 1.29 is 9.90 Å². The van der Waals surface area contributed by atoms with Gasteiger partial charge in [0.25, 0.3) is 5.56 Å². The highest BCUT2D eigenvalue weighted by Gasteiger charge is 2.21. The van der Waals surface area contributed by atoms with E-state index in [1.54, 1.807) is 61.6 Å². The van der Waals surface area contributed by atoms with Gasteiger partial charge in [-0.3, -0.25) is 9.59 Å². The Labute approximate surface area is 120 Å². The average molecular weight is 279 g/mol. The van der Waals surface area contributed by atoms with Crippen LogP contribution in [0.5, 0.6) is 5.75 Å². The quantitative estimate of drug-likeness (QED) is 0.733. The second kappa shape index (κ2) is 4.90. The van der Waals surface area contributed by atoms with Crippen LogP contribution in [0.3, 0.4) is 0 Å². The molecule has 0 bridgehead atoms. The summed E-state index contributed by atoms with van der Waals surface area (Å²) in [5.74, 6) is -0.734. The lowest BCUT2D eigenvalue weighted by molar-refractivity contribution is 0.103. The molecule has 0 aliphatic heterocycles. The Hall–Kier alpha value is -2.88. The largest absolute Gasteiger partial charge is 0.506 e. The zero-order valence-corrected chi connectivity index (χ0v) is 11.4. The van der Waals surface area contributed by atoms with Crippen molar-refractivity contribution in [2.24, 2.45) is 7.05 Å². The fourth-order valence-corrected chi connectivity index (χ4v) is 2.42. The number of hydrogen-bond acceptors (Lipinski definition) is 3. The number of carbonyl (C=O) groups excluding carboxylic acids is 1. The van der Waals surface area contributed by atoms with Crippen molar-refractivity contribution in [1.82, 2.24) is 4.57 Å². The molecular formula is C17H13NO3. The van der Waals surface area contributed by atoms with Crippen LogP contribution < -0.4 is 5.56 Å². The predicted octanol–water partition coefficient (Wildman–Crippen LogP) is 2.48. The Bertz CT molecular complexity index is 895. The Morgan fingerprint density at radius 3 is 2.33 bits per heavy atom. The number of aryl methyl sites for hydroxylation is 1. The second-order valence-corrected chi connectivity index (χ2v) is 4.80. The van der Waals surface area contributed by atoms with E-state index in [1.165, 1.54) is 4.57 Å². The molecule has 2 aromatic carbocycles. The molecule has 0 spiro atoms. The van der Waals surface area contributed by atoms with E-state index in [0.717, 1.165) is 0 Å². The van der Waals surface area contributed by atoms with Gasteiger partial charge in [0.05, 0.1) is 5.52 Å². The number of aromatic nitrogens is 1. The predicted molar refractivity (Wildman–Crippen MR) is 80.7 cm³/mol. The van der Waals surface area contributed by atoms with Gasteiger partial charge in [-0.05, 0) is 12.1 Å². The molecule has 0 saturated heterocycles. The van der Waals surface area contributed by atoms with Gasteiger partial charge in [-0.1, -0.05) is 42.5 Å². The summed E-state index contributed by atoms with van der Waals surface area (Å²) in [4.78, 5) is 24.9.